The number of pyridine rings is 2. The molecule has 11 heteroatoms. The van der Waals surface area contributed by atoms with Gasteiger partial charge in [-0.3, -0.25) is 23.7 Å². The van der Waals surface area contributed by atoms with Gasteiger partial charge in [0.1, 0.15) is 17.1 Å². The largest absolute Gasteiger partial charge is 0.480 e. The van der Waals surface area contributed by atoms with E-state index in [1.165, 1.54) is 17.2 Å². The molecule has 0 saturated carbocycles. The summed E-state index contributed by atoms with van der Waals surface area (Å²) in [7, 11) is 0. The second-order valence-electron chi connectivity index (χ2n) is 8.60. The highest BCUT2D eigenvalue weighted by Crippen LogP contribution is 2.35. The van der Waals surface area contributed by atoms with Crippen molar-refractivity contribution in [1.82, 2.24) is 29.3 Å². The van der Waals surface area contributed by atoms with Crippen molar-refractivity contribution in [3.63, 3.8) is 0 Å². The molecule has 0 radical (unpaired) electrons. The smallest absolute Gasteiger partial charge is 0.270 e. The molecule has 33 heavy (non-hydrogen) atoms. The SMILES string of the molecule is Cl.O=c1ccc2ncc(=O)n3c2n1C[C@@H]3CN1CCC(NCc2cc3c(cn2)OCS3)CC1. The highest BCUT2D eigenvalue weighted by Gasteiger charge is 2.29. The monoisotopic (exact) mass is 488 g/mol. The van der Waals surface area contributed by atoms with Crippen LogP contribution < -0.4 is 21.2 Å². The van der Waals surface area contributed by atoms with Crippen LogP contribution in [0, 0.1) is 0 Å². The number of piperidine rings is 1. The molecule has 6 heterocycles. The summed E-state index contributed by atoms with van der Waals surface area (Å²) < 4.78 is 8.95. The van der Waals surface area contributed by atoms with E-state index in [0.717, 1.165) is 50.5 Å². The number of thioether (sulfide) groups is 1. The van der Waals surface area contributed by atoms with Crippen LogP contribution in [-0.4, -0.2) is 55.6 Å². The summed E-state index contributed by atoms with van der Waals surface area (Å²) in [6.45, 7) is 3.97. The van der Waals surface area contributed by atoms with Gasteiger partial charge in [-0.05, 0) is 38.1 Å². The zero-order valence-electron chi connectivity index (χ0n) is 18.0. The molecule has 0 aliphatic carbocycles. The zero-order chi connectivity index (χ0) is 21.7. The predicted molar refractivity (Wildman–Crippen MR) is 128 cm³/mol. The Morgan fingerprint density at radius 1 is 1.12 bits per heavy atom. The Bertz CT molecular complexity index is 1300. The minimum atomic E-state index is -0.138. The van der Waals surface area contributed by atoms with Crippen LogP contribution >= 0.6 is 24.2 Å². The molecular weight excluding hydrogens is 464 g/mol. The van der Waals surface area contributed by atoms with Gasteiger partial charge in [0.2, 0.25) is 0 Å². The van der Waals surface area contributed by atoms with Crippen LogP contribution in [0.5, 0.6) is 5.75 Å². The minimum absolute atomic E-state index is 0. The van der Waals surface area contributed by atoms with E-state index in [2.05, 4.69) is 26.3 Å². The Kier molecular flexibility index (Phi) is 6.17. The normalized spacial score (nSPS) is 19.9. The maximum absolute atomic E-state index is 12.5. The molecule has 3 aliphatic rings. The van der Waals surface area contributed by atoms with Gasteiger partial charge in [-0.2, -0.15) is 0 Å². The Morgan fingerprint density at radius 3 is 2.82 bits per heavy atom. The molecule has 9 nitrogen and oxygen atoms in total. The van der Waals surface area contributed by atoms with Crippen LogP contribution in [0.1, 0.15) is 24.6 Å². The van der Waals surface area contributed by atoms with Crippen molar-refractivity contribution in [2.75, 3.05) is 25.6 Å². The van der Waals surface area contributed by atoms with Crippen molar-refractivity contribution in [1.29, 1.82) is 0 Å². The van der Waals surface area contributed by atoms with E-state index in [4.69, 9.17) is 4.74 Å². The maximum Gasteiger partial charge on any atom is 0.270 e. The number of ether oxygens (including phenoxy) is 1. The number of likely N-dealkylation sites (tertiary alicyclic amines) is 1. The third-order valence-electron chi connectivity index (χ3n) is 6.62. The van der Waals surface area contributed by atoms with Gasteiger partial charge in [-0.15, -0.1) is 12.4 Å². The fraction of sp³-hybridized carbons (Fsp3) is 0.455. The Balaban J connectivity index is 0.00000228. The zero-order valence-corrected chi connectivity index (χ0v) is 19.6. The van der Waals surface area contributed by atoms with Gasteiger partial charge in [0, 0.05) is 31.7 Å². The lowest BCUT2D eigenvalue weighted by molar-refractivity contribution is 0.171. The predicted octanol–water partition coefficient (Wildman–Crippen LogP) is 1.63. The average Bonchev–Trinajstić information content (AvgIpc) is 3.43. The lowest BCUT2D eigenvalue weighted by Crippen LogP contribution is -2.44. The maximum atomic E-state index is 12.5. The molecule has 1 N–H and O–H groups in total. The summed E-state index contributed by atoms with van der Waals surface area (Å²) in [4.78, 5) is 37.1. The molecule has 6 rings (SSSR count). The second kappa shape index (κ2) is 9.09. The van der Waals surface area contributed by atoms with E-state index >= 15 is 0 Å². The fourth-order valence-electron chi connectivity index (χ4n) is 4.97. The number of hydrogen-bond acceptors (Lipinski definition) is 8. The number of nitrogens with one attached hydrogen (secondary N) is 1. The van der Waals surface area contributed by atoms with Crippen molar-refractivity contribution < 1.29 is 4.74 Å². The van der Waals surface area contributed by atoms with Gasteiger partial charge in [-0.25, -0.2) is 4.98 Å². The van der Waals surface area contributed by atoms with Gasteiger partial charge < -0.3 is 15.0 Å². The summed E-state index contributed by atoms with van der Waals surface area (Å²) in [6, 6.07) is 5.75. The average molecular weight is 489 g/mol. The molecule has 0 spiro atoms. The summed E-state index contributed by atoms with van der Waals surface area (Å²) in [6.07, 6.45) is 5.27. The van der Waals surface area contributed by atoms with Crippen molar-refractivity contribution in [3.05, 3.63) is 57.0 Å². The van der Waals surface area contributed by atoms with Gasteiger partial charge in [-0.1, -0.05) is 11.8 Å². The molecule has 174 valence electrons. The van der Waals surface area contributed by atoms with E-state index in [1.54, 1.807) is 27.0 Å². The van der Waals surface area contributed by atoms with Crippen LogP contribution in [0.15, 0.2) is 45.1 Å². The molecule has 3 aromatic heterocycles. The van der Waals surface area contributed by atoms with Crippen LogP contribution in [0.3, 0.4) is 0 Å². The van der Waals surface area contributed by atoms with Gasteiger partial charge in [0.15, 0.2) is 5.75 Å². The molecule has 0 aromatic carbocycles. The quantitative estimate of drug-likeness (QED) is 0.579. The Labute approximate surface area is 200 Å². The van der Waals surface area contributed by atoms with Crippen LogP contribution in [0.4, 0.5) is 0 Å². The number of halogens is 1. The standard InChI is InChI=1S/C22H24N6O3S.ClH/c29-20-2-1-17-22-27(20)12-16(28(22)21(30)10-25-17)11-26-5-3-14(4-6-26)23-8-15-7-19-18(9-24-15)31-13-32-19;/h1-2,7,9-10,14,16,23H,3-6,8,11-13H2;1H/t16-;/m0./s1. The van der Waals surface area contributed by atoms with E-state index in [9.17, 15) is 9.59 Å². The number of hydrogen-bond donors (Lipinski definition) is 1. The summed E-state index contributed by atoms with van der Waals surface area (Å²) in [5, 5.41) is 3.64. The molecule has 0 amide bonds. The van der Waals surface area contributed by atoms with E-state index < -0.39 is 0 Å². The molecule has 3 aliphatic heterocycles. The molecule has 0 unspecified atom stereocenters. The second-order valence-corrected chi connectivity index (χ2v) is 9.56. The van der Waals surface area contributed by atoms with Gasteiger partial charge in [0.25, 0.3) is 11.1 Å². The number of nitrogens with zero attached hydrogens (tertiary/aromatic N) is 5. The molecular formula is C22H25ClN6O3S. The van der Waals surface area contributed by atoms with Crippen LogP contribution in [-0.2, 0) is 13.1 Å². The first-order chi connectivity index (χ1) is 15.7. The third-order valence-corrected chi connectivity index (χ3v) is 7.48. The van der Waals surface area contributed by atoms with E-state index in [-0.39, 0.29) is 29.6 Å². The molecule has 1 fully saturated rings. The van der Waals surface area contributed by atoms with E-state index in [1.807, 2.05) is 6.20 Å². The van der Waals surface area contributed by atoms with Gasteiger partial charge in [0.05, 0.1) is 29.0 Å². The lowest BCUT2D eigenvalue weighted by atomic mass is 10.0. The minimum Gasteiger partial charge on any atom is -0.480 e. The number of fused-ring (bicyclic) bond motifs is 1. The van der Waals surface area contributed by atoms with Crippen molar-refractivity contribution >= 4 is 35.3 Å². The first-order valence-corrected chi connectivity index (χ1v) is 12.0. The van der Waals surface area contributed by atoms with Gasteiger partial charge >= 0.3 is 0 Å². The first-order valence-electron chi connectivity index (χ1n) is 11.0. The molecule has 1 atom stereocenters. The highest BCUT2D eigenvalue weighted by atomic mass is 35.5. The topological polar surface area (TPSA) is 94.3 Å². The van der Waals surface area contributed by atoms with Crippen LogP contribution in [0.2, 0.25) is 0 Å². The highest BCUT2D eigenvalue weighted by molar-refractivity contribution is 7.99. The Hall–Kier alpha value is -2.40. The van der Waals surface area contributed by atoms with Crippen LogP contribution in [0.25, 0.3) is 11.2 Å². The number of aromatic nitrogens is 4. The molecule has 3 aromatic rings. The summed E-state index contributed by atoms with van der Waals surface area (Å²) >= 11 is 1.71. The first kappa shape index (κ1) is 22.4. The molecule has 0 bridgehead atoms. The lowest BCUT2D eigenvalue weighted by Gasteiger charge is -2.34. The third kappa shape index (κ3) is 4.16. The fourth-order valence-corrected chi connectivity index (χ4v) is 5.76. The van der Waals surface area contributed by atoms with Crippen molar-refractivity contribution in [2.45, 2.75) is 42.9 Å². The molecule has 1 saturated heterocycles. The number of rotatable bonds is 5. The van der Waals surface area contributed by atoms with Crippen molar-refractivity contribution in [2.24, 2.45) is 0 Å². The van der Waals surface area contributed by atoms with Crippen molar-refractivity contribution in [3.8, 4) is 5.75 Å². The Morgan fingerprint density at radius 2 is 1.97 bits per heavy atom. The van der Waals surface area contributed by atoms with E-state index in [0.29, 0.717) is 29.7 Å². The summed E-state index contributed by atoms with van der Waals surface area (Å²) in [5.74, 6) is 1.55. The summed E-state index contributed by atoms with van der Waals surface area (Å²) in [5.41, 5.74) is 2.17.